The molecule has 0 radical (unpaired) electrons. The highest BCUT2D eigenvalue weighted by Crippen LogP contribution is 2.14. The van der Waals surface area contributed by atoms with Gasteiger partial charge in [0.25, 0.3) is 5.56 Å². The van der Waals surface area contributed by atoms with E-state index in [4.69, 9.17) is 0 Å². The zero-order valence-corrected chi connectivity index (χ0v) is 10.2. The first-order valence-corrected chi connectivity index (χ1v) is 5.83. The lowest BCUT2D eigenvalue weighted by molar-refractivity contribution is 1.09. The van der Waals surface area contributed by atoms with Crippen LogP contribution in [0.3, 0.4) is 0 Å². The van der Waals surface area contributed by atoms with Crippen LogP contribution in [0.4, 0.5) is 0 Å². The van der Waals surface area contributed by atoms with Crippen molar-refractivity contribution in [1.82, 2.24) is 4.98 Å². The zero-order chi connectivity index (χ0) is 12.0. The molecule has 2 nitrogen and oxygen atoms in total. The number of H-pyrrole nitrogens is 1. The summed E-state index contributed by atoms with van der Waals surface area (Å²) in [4.78, 5) is 14.1. The topological polar surface area (TPSA) is 32.9 Å². The molecule has 86 valence electrons. The fourth-order valence-electron chi connectivity index (χ4n) is 1.59. The van der Waals surface area contributed by atoms with Gasteiger partial charge in [0, 0.05) is 11.6 Å². The summed E-state index contributed by atoms with van der Waals surface area (Å²) >= 11 is 0. The summed E-state index contributed by atoms with van der Waals surface area (Å²) in [6, 6.07) is 7.79. The first kappa shape index (κ1) is 12.5. The SMILES string of the molecule is CCC.CCc1cccc2c(=O)[nH]ccc12. The van der Waals surface area contributed by atoms with E-state index in [2.05, 4.69) is 31.8 Å². The highest BCUT2D eigenvalue weighted by molar-refractivity contribution is 5.84. The maximum atomic E-state index is 11.4. The van der Waals surface area contributed by atoms with E-state index in [0.717, 1.165) is 17.2 Å². The van der Waals surface area contributed by atoms with Gasteiger partial charge in [0.2, 0.25) is 0 Å². The number of benzene rings is 1. The van der Waals surface area contributed by atoms with Crippen molar-refractivity contribution in [2.75, 3.05) is 0 Å². The molecule has 0 unspecified atom stereocenters. The molecule has 16 heavy (non-hydrogen) atoms. The first-order valence-electron chi connectivity index (χ1n) is 5.83. The molecule has 0 bridgehead atoms. The second-order valence-corrected chi connectivity index (χ2v) is 3.75. The fraction of sp³-hybridized carbons (Fsp3) is 0.357. The Morgan fingerprint density at radius 2 is 1.75 bits per heavy atom. The molecule has 2 aromatic rings. The van der Waals surface area contributed by atoms with Gasteiger partial charge in [-0.2, -0.15) is 0 Å². The summed E-state index contributed by atoms with van der Waals surface area (Å²) in [5.41, 5.74) is 1.22. The maximum Gasteiger partial charge on any atom is 0.255 e. The van der Waals surface area contributed by atoms with Crippen molar-refractivity contribution in [2.45, 2.75) is 33.6 Å². The van der Waals surface area contributed by atoms with Crippen molar-refractivity contribution in [3.05, 3.63) is 46.4 Å². The number of fused-ring (bicyclic) bond motifs is 1. The van der Waals surface area contributed by atoms with Crippen LogP contribution in [0.2, 0.25) is 0 Å². The summed E-state index contributed by atoms with van der Waals surface area (Å²) in [6.07, 6.45) is 3.91. The Hall–Kier alpha value is -1.57. The molecular formula is C14H19NO. The smallest absolute Gasteiger partial charge is 0.255 e. The van der Waals surface area contributed by atoms with Gasteiger partial charge in [0.15, 0.2) is 0 Å². The van der Waals surface area contributed by atoms with Crippen LogP contribution in [0.15, 0.2) is 35.3 Å². The molecule has 2 heteroatoms. The van der Waals surface area contributed by atoms with Gasteiger partial charge in [0.05, 0.1) is 0 Å². The predicted octanol–water partition coefficient (Wildman–Crippen LogP) is 3.51. The lowest BCUT2D eigenvalue weighted by Gasteiger charge is -2.01. The Kier molecular flexibility index (Phi) is 4.77. The molecule has 0 aliphatic rings. The zero-order valence-electron chi connectivity index (χ0n) is 10.2. The van der Waals surface area contributed by atoms with Gasteiger partial charge in [0.1, 0.15) is 0 Å². The number of hydrogen-bond donors (Lipinski definition) is 1. The number of hydrogen-bond acceptors (Lipinski definition) is 1. The summed E-state index contributed by atoms with van der Waals surface area (Å²) in [5, 5.41) is 1.84. The summed E-state index contributed by atoms with van der Waals surface area (Å²) < 4.78 is 0. The third kappa shape index (κ3) is 2.72. The Morgan fingerprint density at radius 3 is 2.38 bits per heavy atom. The highest BCUT2D eigenvalue weighted by Gasteiger charge is 2.00. The number of aromatic nitrogens is 1. The minimum Gasteiger partial charge on any atom is -0.329 e. The molecule has 0 amide bonds. The molecule has 0 saturated carbocycles. The molecule has 1 aromatic heterocycles. The van der Waals surface area contributed by atoms with Gasteiger partial charge in [-0.3, -0.25) is 4.79 Å². The third-order valence-electron chi connectivity index (χ3n) is 2.29. The van der Waals surface area contributed by atoms with Crippen molar-refractivity contribution in [3.63, 3.8) is 0 Å². The van der Waals surface area contributed by atoms with Gasteiger partial charge in [-0.05, 0) is 29.5 Å². The second-order valence-electron chi connectivity index (χ2n) is 3.75. The minimum absolute atomic E-state index is 0.00667. The van der Waals surface area contributed by atoms with Gasteiger partial charge in [-0.15, -0.1) is 0 Å². The summed E-state index contributed by atoms with van der Waals surface area (Å²) in [6.45, 7) is 6.34. The van der Waals surface area contributed by atoms with Crippen LogP contribution in [0.25, 0.3) is 10.8 Å². The number of nitrogens with one attached hydrogen (secondary N) is 1. The first-order chi connectivity index (χ1) is 7.74. The van der Waals surface area contributed by atoms with Crippen molar-refractivity contribution >= 4 is 10.8 Å². The van der Waals surface area contributed by atoms with E-state index in [-0.39, 0.29) is 5.56 Å². The lowest BCUT2D eigenvalue weighted by atomic mass is 10.0. The third-order valence-corrected chi connectivity index (χ3v) is 2.29. The number of aromatic amines is 1. The standard InChI is InChI=1S/C11H11NO.C3H8/c1-2-8-4-3-5-10-9(8)6-7-12-11(10)13;1-3-2/h3-7H,2H2,1H3,(H,12,13);3H2,1-2H3. The molecular weight excluding hydrogens is 198 g/mol. The Bertz CT molecular complexity index is 499. The van der Waals surface area contributed by atoms with Gasteiger partial charge in [-0.25, -0.2) is 0 Å². The monoisotopic (exact) mass is 217 g/mol. The molecule has 0 aliphatic heterocycles. The number of pyridine rings is 1. The average molecular weight is 217 g/mol. The molecule has 1 N–H and O–H groups in total. The molecule has 1 heterocycles. The normalized spacial score (nSPS) is 9.69. The Balaban J connectivity index is 0.000000386. The maximum absolute atomic E-state index is 11.4. The Labute approximate surface area is 96.3 Å². The molecule has 1 aromatic carbocycles. The lowest BCUT2D eigenvalue weighted by Crippen LogP contribution is -2.04. The van der Waals surface area contributed by atoms with E-state index in [1.54, 1.807) is 6.20 Å². The molecule has 0 saturated heterocycles. The van der Waals surface area contributed by atoms with E-state index in [1.807, 2.05) is 18.2 Å². The van der Waals surface area contributed by atoms with E-state index < -0.39 is 0 Å². The Morgan fingerprint density at radius 1 is 1.06 bits per heavy atom. The number of rotatable bonds is 1. The minimum atomic E-state index is -0.00667. The predicted molar refractivity (Wildman–Crippen MR) is 69.9 cm³/mol. The van der Waals surface area contributed by atoms with Gasteiger partial charge < -0.3 is 4.98 Å². The van der Waals surface area contributed by atoms with Crippen LogP contribution < -0.4 is 5.56 Å². The second kappa shape index (κ2) is 6.11. The van der Waals surface area contributed by atoms with Crippen LogP contribution in [0, 0.1) is 0 Å². The summed E-state index contributed by atoms with van der Waals surface area (Å²) in [5.74, 6) is 0. The van der Waals surface area contributed by atoms with Crippen molar-refractivity contribution in [1.29, 1.82) is 0 Å². The van der Waals surface area contributed by atoms with Crippen molar-refractivity contribution < 1.29 is 0 Å². The van der Waals surface area contributed by atoms with Crippen molar-refractivity contribution in [3.8, 4) is 0 Å². The van der Waals surface area contributed by atoms with Crippen LogP contribution in [0.5, 0.6) is 0 Å². The van der Waals surface area contributed by atoms with Crippen molar-refractivity contribution in [2.24, 2.45) is 0 Å². The van der Waals surface area contributed by atoms with E-state index in [9.17, 15) is 4.79 Å². The van der Waals surface area contributed by atoms with E-state index in [0.29, 0.717) is 0 Å². The molecule has 0 aliphatic carbocycles. The average Bonchev–Trinajstić information content (AvgIpc) is 2.30. The largest absolute Gasteiger partial charge is 0.329 e. The molecule has 2 rings (SSSR count). The molecule has 0 atom stereocenters. The molecule has 0 fully saturated rings. The number of aryl methyl sites for hydroxylation is 1. The van der Waals surface area contributed by atoms with Crippen LogP contribution in [0.1, 0.15) is 32.8 Å². The quantitative estimate of drug-likeness (QED) is 0.779. The van der Waals surface area contributed by atoms with E-state index >= 15 is 0 Å². The van der Waals surface area contributed by atoms with Crippen LogP contribution in [-0.4, -0.2) is 4.98 Å². The van der Waals surface area contributed by atoms with Crippen LogP contribution >= 0.6 is 0 Å². The fourth-order valence-corrected chi connectivity index (χ4v) is 1.59. The molecule has 0 spiro atoms. The van der Waals surface area contributed by atoms with Gasteiger partial charge >= 0.3 is 0 Å². The summed E-state index contributed by atoms with van der Waals surface area (Å²) in [7, 11) is 0. The van der Waals surface area contributed by atoms with Crippen LogP contribution in [-0.2, 0) is 6.42 Å². The highest BCUT2D eigenvalue weighted by atomic mass is 16.1. The van der Waals surface area contributed by atoms with E-state index in [1.165, 1.54) is 12.0 Å². The van der Waals surface area contributed by atoms with Gasteiger partial charge in [-0.1, -0.05) is 39.3 Å².